The van der Waals surface area contributed by atoms with Crippen LogP contribution in [0.1, 0.15) is 37.3 Å². The van der Waals surface area contributed by atoms with E-state index in [4.69, 9.17) is 4.74 Å². The summed E-state index contributed by atoms with van der Waals surface area (Å²) in [5, 5.41) is 11.1. The summed E-state index contributed by atoms with van der Waals surface area (Å²) >= 11 is 1.65. The summed E-state index contributed by atoms with van der Waals surface area (Å²) in [6.07, 6.45) is 2.65. The zero-order valence-electron chi connectivity index (χ0n) is 15.8. The highest BCUT2D eigenvalue weighted by Gasteiger charge is 2.35. The topological polar surface area (TPSA) is 49.8 Å². The number of fused-ring (bicyclic) bond motifs is 1. The van der Waals surface area contributed by atoms with Crippen LogP contribution in [0.15, 0.2) is 52.3 Å². The minimum Gasteiger partial charge on any atom is -0.385 e. The van der Waals surface area contributed by atoms with Crippen LogP contribution in [0.4, 0.5) is 5.69 Å². The van der Waals surface area contributed by atoms with Gasteiger partial charge in [0.25, 0.3) is 0 Å². The molecule has 1 fully saturated rings. The number of benzene rings is 2. The molecule has 2 aromatic rings. The number of amides is 1. The molecule has 2 aromatic carbocycles. The van der Waals surface area contributed by atoms with E-state index in [2.05, 4.69) is 30.3 Å². The van der Waals surface area contributed by atoms with E-state index in [-0.39, 0.29) is 12.0 Å². The van der Waals surface area contributed by atoms with E-state index in [0.717, 1.165) is 27.5 Å². The highest BCUT2D eigenvalue weighted by atomic mass is 32.2. The number of hydrogen-bond acceptors (Lipinski definition) is 4. The summed E-state index contributed by atoms with van der Waals surface area (Å²) in [5.41, 5.74) is 2.34. The molecule has 0 saturated carbocycles. The van der Waals surface area contributed by atoms with Crippen LogP contribution in [-0.4, -0.2) is 30.8 Å². The van der Waals surface area contributed by atoms with E-state index in [9.17, 15) is 9.90 Å². The van der Waals surface area contributed by atoms with Gasteiger partial charge in [-0.3, -0.25) is 4.79 Å². The van der Waals surface area contributed by atoms with Crippen molar-refractivity contribution in [2.24, 2.45) is 0 Å². The molecule has 5 heteroatoms. The van der Waals surface area contributed by atoms with Gasteiger partial charge in [-0.05, 0) is 42.7 Å². The second kappa shape index (κ2) is 7.30. The molecule has 0 bridgehead atoms. The molecule has 4 rings (SSSR count). The number of carbonyl (C=O) groups excluding carboxylic acids is 1. The quantitative estimate of drug-likeness (QED) is 0.866. The standard InChI is InChI=1S/C22H25NO3S/c1-15-14-22(25,11-12-26-15)17-6-4-7-18(13-17)27-19-8-3-5-16-9-10-20(24)23(2)21(16)19/h3-8,13,15,25H,9-12,14H2,1-2H3/t15-,22+/m0/s1. The number of aryl methyl sites for hydroxylation is 1. The molecule has 0 aromatic heterocycles. The number of nitrogens with zero attached hydrogens (tertiary/aromatic N) is 1. The summed E-state index contributed by atoms with van der Waals surface area (Å²) in [5.74, 6) is 0.162. The first kappa shape index (κ1) is 18.5. The van der Waals surface area contributed by atoms with E-state index in [1.165, 1.54) is 5.56 Å². The Morgan fingerprint density at radius 3 is 2.85 bits per heavy atom. The van der Waals surface area contributed by atoms with Crippen LogP contribution in [0.25, 0.3) is 0 Å². The van der Waals surface area contributed by atoms with Crippen molar-refractivity contribution < 1.29 is 14.6 Å². The van der Waals surface area contributed by atoms with E-state index >= 15 is 0 Å². The van der Waals surface area contributed by atoms with E-state index in [1.54, 1.807) is 16.7 Å². The van der Waals surface area contributed by atoms with Gasteiger partial charge in [-0.15, -0.1) is 0 Å². The van der Waals surface area contributed by atoms with Crippen molar-refractivity contribution in [3.8, 4) is 0 Å². The molecule has 1 amide bonds. The normalized spacial score (nSPS) is 25.4. The van der Waals surface area contributed by atoms with Gasteiger partial charge in [0.1, 0.15) is 0 Å². The molecule has 0 unspecified atom stereocenters. The number of anilines is 1. The zero-order valence-corrected chi connectivity index (χ0v) is 16.6. The maximum Gasteiger partial charge on any atom is 0.227 e. The van der Waals surface area contributed by atoms with Gasteiger partial charge in [-0.25, -0.2) is 0 Å². The molecule has 0 aliphatic carbocycles. The van der Waals surface area contributed by atoms with Crippen molar-refractivity contribution in [2.75, 3.05) is 18.6 Å². The van der Waals surface area contributed by atoms with Gasteiger partial charge < -0.3 is 14.7 Å². The SMILES string of the molecule is C[C@H]1C[C@@](O)(c2cccc(Sc3cccc4c3N(C)C(=O)CC4)c2)CCO1. The van der Waals surface area contributed by atoms with Gasteiger partial charge in [0.2, 0.25) is 5.91 Å². The smallest absolute Gasteiger partial charge is 0.227 e. The third-order valence-electron chi connectivity index (χ3n) is 5.54. The van der Waals surface area contributed by atoms with Crippen molar-refractivity contribution in [1.82, 2.24) is 0 Å². The molecule has 2 atom stereocenters. The lowest BCUT2D eigenvalue weighted by molar-refractivity contribution is -0.118. The van der Waals surface area contributed by atoms with Gasteiger partial charge in [-0.2, -0.15) is 0 Å². The number of carbonyl (C=O) groups is 1. The van der Waals surface area contributed by atoms with Gasteiger partial charge in [0.05, 0.1) is 24.0 Å². The third kappa shape index (κ3) is 3.64. The molecular formula is C22H25NO3S. The maximum atomic E-state index is 12.2. The van der Waals surface area contributed by atoms with E-state index in [0.29, 0.717) is 25.9 Å². The Bertz CT molecular complexity index is 868. The Labute approximate surface area is 164 Å². The van der Waals surface area contributed by atoms with Crippen molar-refractivity contribution in [2.45, 2.75) is 54.1 Å². The molecular weight excluding hydrogens is 358 g/mol. The first-order chi connectivity index (χ1) is 13.0. The van der Waals surface area contributed by atoms with Crippen LogP contribution in [0.3, 0.4) is 0 Å². The Kier molecular flexibility index (Phi) is 5.01. The number of para-hydroxylation sites is 1. The van der Waals surface area contributed by atoms with Crippen LogP contribution in [0.5, 0.6) is 0 Å². The van der Waals surface area contributed by atoms with Crippen LogP contribution in [0.2, 0.25) is 0 Å². The Morgan fingerprint density at radius 2 is 2.04 bits per heavy atom. The molecule has 2 heterocycles. The Morgan fingerprint density at radius 1 is 1.22 bits per heavy atom. The van der Waals surface area contributed by atoms with Crippen molar-refractivity contribution in [3.05, 3.63) is 53.6 Å². The van der Waals surface area contributed by atoms with E-state index in [1.807, 2.05) is 26.1 Å². The Balaban J connectivity index is 1.64. The third-order valence-corrected chi connectivity index (χ3v) is 6.58. The summed E-state index contributed by atoms with van der Waals surface area (Å²) < 4.78 is 5.60. The molecule has 0 spiro atoms. The van der Waals surface area contributed by atoms with Gasteiger partial charge in [0.15, 0.2) is 0 Å². The molecule has 1 N–H and O–H groups in total. The monoisotopic (exact) mass is 383 g/mol. The molecule has 27 heavy (non-hydrogen) atoms. The average Bonchev–Trinajstić information content (AvgIpc) is 2.65. The second-order valence-electron chi connectivity index (χ2n) is 7.51. The molecule has 1 saturated heterocycles. The van der Waals surface area contributed by atoms with Crippen molar-refractivity contribution >= 4 is 23.4 Å². The van der Waals surface area contributed by atoms with Gasteiger partial charge in [0, 0.05) is 36.1 Å². The highest BCUT2D eigenvalue weighted by molar-refractivity contribution is 7.99. The maximum absolute atomic E-state index is 12.2. The first-order valence-corrected chi connectivity index (χ1v) is 10.3. The lowest BCUT2D eigenvalue weighted by atomic mass is 9.84. The predicted molar refractivity (Wildman–Crippen MR) is 107 cm³/mol. The number of rotatable bonds is 3. The minimum absolute atomic E-state index is 0.0564. The molecule has 2 aliphatic rings. The fourth-order valence-corrected chi connectivity index (χ4v) is 5.17. The first-order valence-electron chi connectivity index (χ1n) is 9.47. The van der Waals surface area contributed by atoms with E-state index < -0.39 is 5.60 Å². The van der Waals surface area contributed by atoms with Gasteiger partial charge >= 0.3 is 0 Å². The average molecular weight is 384 g/mol. The summed E-state index contributed by atoms with van der Waals surface area (Å²) in [4.78, 5) is 16.1. The lowest BCUT2D eigenvalue weighted by Crippen LogP contribution is -2.37. The van der Waals surface area contributed by atoms with Crippen LogP contribution < -0.4 is 4.90 Å². The summed E-state index contributed by atoms with van der Waals surface area (Å²) in [6.45, 7) is 2.58. The molecule has 2 aliphatic heterocycles. The number of aliphatic hydroxyl groups is 1. The lowest BCUT2D eigenvalue weighted by Gasteiger charge is -2.36. The summed E-state index contributed by atoms with van der Waals surface area (Å²) in [7, 11) is 1.85. The fourth-order valence-electron chi connectivity index (χ4n) is 4.07. The fraction of sp³-hybridized carbons (Fsp3) is 0.409. The van der Waals surface area contributed by atoms with Crippen molar-refractivity contribution in [3.63, 3.8) is 0 Å². The predicted octanol–water partition coefficient (Wildman–Crippen LogP) is 4.13. The minimum atomic E-state index is -0.836. The zero-order chi connectivity index (χ0) is 19.0. The number of hydrogen-bond donors (Lipinski definition) is 1. The molecule has 142 valence electrons. The van der Waals surface area contributed by atoms with Gasteiger partial charge in [-0.1, -0.05) is 36.0 Å². The van der Waals surface area contributed by atoms with Crippen LogP contribution in [0, 0.1) is 0 Å². The number of ether oxygens (including phenoxy) is 1. The van der Waals surface area contributed by atoms with Crippen LogP contribution in [-0.2, 0) is 21.6 Å². The highest BCUT2D eigenvalue weighted by Crippen LogP contribution is 2.42. The summed E-state index contributed by atoms with van der Waals surface area (Å²) in [6, 6.07) is 14.4. The molecule has 0 radical (unpaired) electrons. The van der Waals surface area contributed by atoms with Crippen LogP contribution >= 0.6 is 11.8 Å². The largest absolute Gasteiger partial charge is 0.385 e. The second-order valence-corrected chi connectivity index (χ2v) is 8.63. The van der Waals surface area contributed by atoms with Crippen molar-refractivity contribution in [1.29, 1.82) is 0 Å². The molecule has 4 nitrogen and oxygen atoms in total. The Hall–Kier alpha value is -1.82.